The lowest BCUT2D eigenvalue weighted by Gasteiger charge is -2.34. The minimum absolute atomic E-state index is 0.256. The summed E-state index contributed by atoms with van der Waals surface area (Å²) in [6.07, 6.45) is 9.15. The molecule has 0 aliphatic carbocycles. The highest BCUT2D eigenvalue weighted by Gasteiger charge is 2.25. The maximum atomic E-state index is 5.91. The summed E-state index contributed by atoms with van der Waals surface area (Å²) in [6, 6.07) is 8.14. The molecule has 0 saturated carbocycles. The van der Waals surface area contributed by atoms with Crippen molar-refractivity contribution in [1.82, 2.24) is 19.4 Å². The summed E-state index contributed by atoms with van der Waals surface area (Å²) in [6.45, 7) is 3.86. The topological polar surface area (TPSA) is 56.3 Å². The molecule has 4 rings (SSSR count). The first-order valence-corrected chi connectivity index (χ1v) is 8.10. The van der Waals surface area contributed by atoms with Gasteiger partial charge in [0.1, 0.15) is 0 Å². The Kier molecular flexibility index (Phi) is 4.40. The Hall–Kier alpha value is -2.44. The number of nitrogens with zero attached hydrogens (tertiary/aromatic N) is 4. The van der Waals surface area contributed by atoms with Crippen LogP contribution in [0.3, 0.4) is 0 Å². The lowest BCUT2D eigenvalue weighted by molar-refractivity contribution is 0.0573. The SMILES string of the molecule is c1ccc(COC[C@H]2CN(Cc3ccoc3)Cc3cncn32)nc1. The van der Waals surface area contributed by atoms with E-state index in [1.165, 1.54) is 11.3 Å². The van der Waals surface area contributed by atoms with Crippen molar-refractivity contribution >= 4 is 0 Å². The van der Waals surface area contributed by atoms with E-state index in [0.717, 1.165) is 25.3 Å². The van der Waals surface area contributed by atoms with Crippen LogP contribution < -0.4 is 0 Å². The largest absolute Gasteiger partial charge is 0.472 e. The van der Waals surface area contributed by atoms with E-state index in [9.17, 15) is 0 Å². The van der Waals surface area contributed by atoms with Gasteiger partial charge in [-0.2, -0.15) is 0 Å². The number of imidazole rings is 1. The molecule has 0 amide bonds. The number of ether oxygens (including phenoxy) is 1. The maximum Gasteiger partial charge on any atom is 0.0952 e. The monoisotopic (exact) mass is 324 g/mol. The molecule has 0 spiro atoms. The van der Waals surface area contributed by atoms with Crippen molar-refractivity contribution in [2.75, 3.05) is 13.2 Å². The second kappa shape index (κ2) is 6.98. The number of aromatic nitrogens is 3. The molecule has 0 saturated heterocycles. The van der Waals surface area contributed by atoms with E-state index < -0.39 is 0 Å². The maximum absolute atomic E-state index is 5.91. The molecular formula is C18H20N4O2. The minimum atomic E-state index is 0.256. The van der Waals surface area contributed by atoms with Gasteiger partial charge in [0.2, 0.25) is 0 Å². The zero-order valence-corrected chi connectivity index (χ0v) is 13.4. The van der Waals surface area contributed by atoms with Crippen LogP contribution in [0.25, 0.3) is 0 Å². The Bertz CT molecular complexity index is 754. The lowest BCUT2D eigenvalue weighted by atomic mass is 10.1. The van der Waals surface area contributed by atoms with Crippen LogP contribution in [0.4, 0.5) is 0 Å². The summed E-state index contributed by atoms with van der Waals surface area (Å²) >= 11 is 0. The van der Waals surface area contributed by atoms with Gasteiger partial charge in [-0.3, -0.25) is 9.88 Å². The summed E-state index contributed by atoms with van der Waals surface area (Å²) in [7, 11) is 0. The molecule has 0 fully saturated rings. The van der Waals surface area contributed by atoms with Crippen molar-refractivity contribution in [1.29, 1.82) is 0 Å². The number of furan rings is 1. The molecule has 3 aromatic rings. The lowest BCUT2D eigenvalue weighted by Crippen LogP contribution is -2.38. The molecule has 1 aliphatic rings. The molecule has 0 unspecified atom stereocenters. The Morgan fingerprint density at radius 1 is 1.29 bits per heavy atom. The van der Waals surface area contributed by atoms with Gasteiger partial charge >= 0.3 is 0 Å². The molecule has 0 N–H and O–H groups in total. The van der Waals surface area contributed by atoms with Crippen molar-refractivity contribution in [3.8, 4) is 0 Å². The van der Waals surface area contributed by atoms with Gasteiger partial charge in [-0.1, -0.05) is 6.07 Å². The fourth-order valence-electron chi connectivity index (χ4n) is 3.14. The molecule has 0 aromatic carbocycles. The summed E-state index contributed by atoms with van der Waals surface area (Å²) < 4.78 is 13.3. The number of pyridine rings is 1. The van der Waals surface area contributed by atoms with E-state index in [0.29, 0.717) is 13.2 Å². The zero-order valence-electron chi connectivity index (χ0n) is 13.4. The molecular weight excluding hydrogens is 304 g/mol. The fraction of sp³-hybridized carbons (Fsp3) is 0.333. The second-order valence-electron chi connectivity index (χ2n) is 6.08. The van der Waals surface area contributed by atoms with Crippen LogP contribution in [-0.2, 0) is 24.4 Å². The Morgan fingerprint density at radius 2 is 2.29 bits per heavy atom. The molecule has 1 aliphatic heterocycles. The van der Waals surface area contributed by atoms with Gasteiger partial charge in [-0.25, -0.2) is 4.98 Å². The molecule has 0 radical (unpaired) electrons. The van der Waals surface area contributed by atoms with Crippen molar-refractivity contribution in [2.24, 2.45) is 0 Å². The normalized spacial score (nSPS) is 17.8. The van der Waals surface area contributed by atoms with Gasteiger partial charge in [0, 0.05) is 37.6 Å². The smallest absolute Gasteiger partial charge is 0.0952 e. The highest BCUT2D eigenvalue weighted by Crippen LogP contribution is 2.23. The van der Waals surface area contributed by atoms with Crippen LogP contribution in [0.2, 0.25) is 0 Å². The first kappa shape index (κ1) is 15.1. The predicted molar refractivity (Wildman–Crippen MR) is 88.0 cm³/mol. The van der Waals surface area contributed by atoms with Gasteiger partial charge in [0.05, 0.1) is 49.5 Å². The van der Waals surface area contributed by atoms with Gasteiger partial charge in [-0.05, 0) is 18.2 Å². The highest BCUT2D eigenvalue weighted by atomic mass is 16.5. The van der Waals surface area contributed by atoms with E-state index >= 15 is 0 Å². The number of hydrogen-bond acceptors (Lipinski definition) is 5. The molecule has 1 atom stereocenters. The summed E-state index contributed by atoms with van der Waals surface area (Å²) in [5, 5.41) is 0. The third-order valence-corrected chi connectivity index (χ3v) is 4.27. The van der Waals surface area contributed by atoms with Crippen molar-refractivity contribution in [3.63, 3.8) is 0 Å². The van der Waals surface area contributed by atoms with Crippen molar-refractivity contribution in [2.45, 2.75) is 25.7 Å². The third kappa shape index (κ3) is 3.39. The van der Waals surface area contributed by atoms with Gasteiger partial charge in [0.25, 0.3) is 0 Å². The fourth-order valence-corrected chi connectivity index (χ4v) is 3.14. The van der Waals surface area contributed by atoms with Crippen LogP contribution >= 0.6 is 0 Å². The van der Waals surface area contributed by atoms with E-state index in [2.05, 4.69) is 19.4 Å². The number of hydrogen-bond donors (Lipinski definition) is 0. The molecule has 124 valence electrons. The van der Waals surface area contributed by atoms with Crippen molar-refractivity contribution < 1.29 is 9.15 Å². The number of fused-ring (bicyclic) bond motifs is 1. The van der Waals surface area contributed by atoms with Gasteiger partial charge < -0.3 is 13.7 Å². The quantitative estimate of drug-likeness (QED) is 0.698. The van der Waals surface area contributed by atoms with Crippen LogP contribution in [0, 0.1) is 0 Å². The predicted octanol–water partition coefficient (Wildman–Crippen LogP) is 2.64. The second-order valence-corrected chi connectivity index (χ2v) is 6.08. The van der Waals surface area contributed by atoms with E-state index in [-0.39, 0.29) is 6.04 Å². The Balaban J connectivity index is 1.40. The van der Waals surface area contributed by atoms with E-state index in [1.807, 2.05) is 36.8 Å². The number of rotatable bonds is 6. The summed E-state index contributed by atoms with van der Waals surface area (Å²) in [5.41, 5.74) is 3.36. The molecule has 6 nitrogen and oxygen atoms in total. The summed E-state index contributed by atoms with van der Waals surface area (Å²) in [4.78, 5) is 11.0. The van der Waals surface area contributed by atoms with Crippen LogP contribution in [0.1, 0.15) is 23.0 Å². The average molecular weight is 324 g/mol. The average Bonchev–Trinajstić information content (AvgIpc) is 3.27. The molecule has 0 bridgehead atoms. The van der Waals surface area contributed by atoms with Crippen LogP contribution in [0.5, 0.6) is 0 Å². The molecule has 6 heteroatoms. The molecule has 4 heterocycles. The van der Waals surface area contributed by atoms with Crippen molar-refractivity contribution in [3.05, 3.63) is 72.5 Å². The zero-order chi connectivity index (χ0) is 16.2. The Morgan fingerprint density at radius 3 is 3.12 bits per heavy atom. The van der Waals surface area contributed by atoms with Crippen LogP contribution in [0.15, 0.2) is 59.9 Å². The van der Waals surface area contributed by atoms with Gasteiger partial charge in [-0.15, -0.1) is 0 Å². The Labute approximate surface area is 140 Å². The molecule has 24 heavy (non-hydrogen) atoms. The van der Waals surface area contributed by atoms with E-state index in [1.54, 1.807) is 18.7 Å². The standard InChI is InChI=1S/C18H20N4O2/c1-2-5-20-16(3-1)12-24-13-18-10-21(8-15-4-6-23-11-15)9-17-7-19-14-22(17)18/h1-7,11,14,18H,8-10,12-13H2/t18-/m1/s1. The highest BCUT2D eigenvalue weighted by molar-refractivity contribution is 5.09. The first-order chi connectivity index (χ1) is 11.9. The van der Waals surface area contributed by atoms with Gasteiger partial charge in [0.15, 0.2) is 0 Å². The molecule has 3 aromatic heterocycles. The third-order valence-electron chi connectivity index (χ3n) is 4.27. The van der Waals surface area contributed by atoms with E-state index in [4.69, 9.17) is 9.15 Å². The van der Waals surface area contributed by atoms with Crippen LogP contribution in [-0.4, -0.2) is 32.6 Å². The first-order valence-electron chi connectivity index (χ1n) is 8.10. The minimum Gasteiger partial charge on any atom is -0.472 e. The summed E-state index contributed by atoms with van der Waals surface area (Å²) in [5.74, 6) is 0.